The van der Waals surface area contributed by atoms with Gasteiger partial charge in [-0.3, -0.25) is 0 Å². The van der Waals surface area contributed by atoms with Crippen molar-refractivity contribution in [3.8, 4) is 11.1 Å². The van der Waals surface area contributed by atoms with E-state index < -0.39 is 0 Å². The number of halogens is 2. The van der Waals surface area contributed by atoms with E-state index in [4.69, 9.17) is 0 Å². The van der Waals surface area contributed by atoms with E-state index in [0.29, 0.717) is 5.92 Å². The van der Waals surface area contributed by atoms with E-state index in [1.54, 1.807) is 3.81 Å². The molecule has 0 aliphatic heterocycles. The molecule has 0 nitrogen and oxygen atoms in total. The van der Waals surface area contributed by atoms with Gasteiger partial charge in [-0.25, -0.2) is 0 Å². The van der Waals surface area contributed by atoms with Gasteiger partial charge in [-0.2, -0.15) is 23.8 Å². The molecule has 30 heavy (non-hydrogen) atoms. The van der Waals surface area contributed by atoms with E-state index in [2.05, 4.69) is 116 Å². The summed E-state index contributed by atoms with van der Waals surface area (Å²) in [7, 11) is 0. The molecule has 2 aliphatic rings. The van der Waals surface area contributed by atoms with E-state index in [1.165, 1.54) is 39.0 Å². The van der Waals surface area contributed by atoms with Gasteiger partial charge in [0.1, 0.15) is 0 Å². The first kappa shape index (κ1) is 27.1. The van der Waals surface area contributed by atoms with Gasteiger partial charge in [-0.15, -0.1) is 11.1 Å². The normalized spacial score (nSPS) is 14.1. The molecule has 4 rings (SSSR count). The molecule has 0 spiro atoms. The van der Waals surface area contributed by atoms with Crippen LogP contribution in [0.25, 0.3) is 11.1 Å². The Hall–Kier alpha value is -0.916. The summed E-state index contributed by atoms with van der Waals surface area (Å²) in [5, 5.41) is 0. The predicted molar refractivity (Wildman–Crippen MR) is 118 cm³/mol. The molecule has 0 amide bonds. The van der Waals surface area contributed by atoms with Gasteiger partial charge in [0.2, 0.25) is 0 Å². The first-order chi connectivity index (χ1) is 13.3. The van der Waals surface area contributed by atoms with Crippen LogP contribution < -0.4 is 24.8 Å². The Balaban J connectivity index is 0.000000393. The van der Waals surface area contributed by atoms with Crippen LogP contribution in [-0.4, -0.2) is 3.81 Å². The zero-order valence-corrected chi connectivity index (χ0v) is 21.9. The van der Waals surface area contributed by atoms with Crippen LogP contribution in [0.3, 0.4) is 0 Å². The van der Waals surface area contributed by atoms with E-state index in [1.807, 2.05) is 0 Å². The number of fused-ring (bicyclic) bond motifs is 3. The Labute approximate surface area is 207 Å². The summed E-state index contributed by atoms with van der Waals surface area (Å²) in [6.45, 7) is 13.4. The Morgan fingerprint density at radius 1 is 0.867 bits per heavy atom. The standard InChI is InChI=1S/C20H17.C7H14.2ClH.Ti/c1-13-7-8-14(2)20(13)16-9-10-19-17(12-16)11-15-5-3-4-6-18(15)19;1-6(2)5-7(3)4;;;/h3-10,20H,11H2,1-2H3;6-7H,1-4H3;2*1H;/q-1;;;;+2/p-2. The number of hydrogen-bond acceptors (Lipinski definition) is 0. The van der Waals surface area contributed by atoms with E-state index >= 15 is 0 Å². The largest absolute Gasteiger partial charge is 1.00 e. The van der Waals surface area contributed by atoms with Gasteiger partial charge in [-0.05, 0) is 20.3 Å². The van der Waals surface area contributed by atoms with Gasteiger partial charge in [-0.1, -0.05) is 58.7 Å². The average molecular weight is 474 g/mol. The zero-order chi connectivity index (χ0) is 20.4. The number of hydrogen-bond donors (Lipinski definition) is 0. The van der Waals surface area contributed by atoms with E-state index in [-0.39, 0.29) is 24.8 Å². The molecule has 0 N–H and O–H groups in total. The summed E-state index contributed by atoms with van der Waals surface area (Å²) in [4.78, 5) is 0. The predicted octanol–water partition coefficient (Wildman–Crippen LogP) is 1.07. The average Bonchev–Trinajstić information content (AvgIpc) is 3.20. The summed E-state index contributed by atoms with van der Waals surface area (Å²) in [5.41, 5.74) is 9.71. The minimum Gasteiger partial charge on any atom is -1.00 e. The number of benzene rings is 2. The number of rotatable bonds is 3. The second-order valence-corrected chi connectivity index (χ2v) is 9.56. The SMILES string of the molecule is CC(C)[C](=[Ti+2])C(C)C.CC1=CC=C(C)C1c1[c-]c2c(cc1)-c1ccccc1C2.[Cl-].[Cl-]. The van der Waals surface area contributed by atoms with Crippen LogP contribution in [0.5, 0.6) is 0 Å². The molecule has 2 aromatic carbocycles. The zero-order valence-electron chi connectivity index (χ0n) is 18.8. The van der Waals surface area contributed by atoms with Crippen LogP contribution in [0.4, 0.5) is 0 Å². The third kappa shape index (κ3) is 5.86. The fourth-order valence-electron chi connectivity index (χ4n) is 4.22. The third-order valence-corrected chi connectivity index (χ3v) is 7.60. The molecule has 2 aromatic rings. The minimum atomic E-state index is 0. The molecule has 0 saturated carbocycles. The van der Waals surface area contributed by atoms with Crippen LogP contribution in [0.15, 0.2) is 59.7 Å². The molecule has 0 unspecified atom stereocenters. The molecule has 3 heteroatoms. The molecule has 158 valence electrons. The smallest absolute Gasteiger partial charge is 0.00326 e. The molecule has 0 bridgehead atoms. The van der Waals surface area contributed by atoms with Gasteiger partial charge < -0.3 is 24.8 Å². The second kappa shape index (κ2) is 11.6. The number of allylic oxidation sites excluding steroid dienone is 4. The fourth-order valence-corrected chi connectivity index (χ4v) is 4.22. The topological polar surface area (TPSA) is 0 Å². The maximum Gasteiger partial charge on any atom is 0.00326 e. The van der Waals surface area contributed by atoms with Gasteiger partial charge >= 0.3 is 63.3 Å². The summed E-state index contributed by atoms with van der Waals surface area (Å²) < 4.78 is 1.60. The molecule has 0 saturated heterocycles. The molecule has 0 radical (unpaired) electrons. The van der Waals surface area contributed by atoms with Crippen molar-refractivity contribution in [2.75, 3.05) is 0 Å². The van der Waals surface area contributed by atoms with Gasteiger partial charge in [0.15, 0.2) is 0 Å². The maximum atomic E-state index is 3.69. The fraction of sp³-hybridized carbons (Fsp3) is 0.370. The van der Waals surface area contributed by atoms with Crippen LogP contribution in [0.1, 0.15) is 64.2 Å². The van der Waals surface area contributed by atoms with Crippen molar-refractivity contribution in [3.05, 3.63) is 82.5 Å². The first-order valence-corrected chi connectivity index (χ1v) is 11.1. The van der Waals surface area contributed by atoms with E-state index in [0.717, 1.165) is 18.3 Å². The molecular formula is C27H31Cl2Ti-. The van der Waals surface area contributed by atoms with Crippen LogP contribution in [0.2, 0.25) is 0 Å². The van der Waals surface area contributed by atoms with Crippen molar-refractivity contribution in [2.45, 2.75) is 53.9 Å². The summed E-state index contributed by atoms with van der Waals surface area (Å²) in [5.74, 6) is 1.95. The van der Waals surface area contributed by atoms with Crippen molar-refractivity contribution in [1.29, 1.82) is 0 Å². The minimum absolute atomic E-state index is 0. The first-order valence-electron chi connectivity index (χ1n) is 10.4. The quantitative estimate of drug-likeness (QED) is 0.394. The molecular weight excluding hydrogens is 443 g/mol. The van der Waals surface area contributed by atoms with Crippen molar-refractivity contribution >= 4 is 3.81 Å². The van der Waals surface area contributed by atoms with Crippen LogP contribution >= 0.6 is 0 Å². The monoisotopic (exact) mass is 473 g/mol. The van der Waals surface area contributed by atoms with Crippen molar-refractivity contribution in [1.82, 2.24) is 0 Å². The maximum absolute atomic E-state index is 3.69. The molecule has 0 fully saturated rings. The Kier molecular flexibility index (Phi) is 10.5. The Morgan fingerprint density at radius 2 is 1.43 bits per heavy atom. The second-order valence-electron chi connectivity index (χ2n) is 8.66. The summed E-state index contributed by atoms with van der Waals surface area (Å²) in [6.07, 6.45) is 5.49. The van der Waals surface area contributed by atoms with Gasteiger partial charge in [0.25, 0.3) is 0 Å². The van der Waals surface area contributed by atoms with Crippen LogP contribution in [0, 0.1) is 17.9 Å². The van der Waals surface area contributed by atoms with Crippen molar-refractivity contribution in [3.63, 3.8) is 0 Å². The molecule has 0 atom stereocenters. The van der Waals surface area contributed by atoms with Crippen molar-refractivity contribution < 1.29 is 44.8 Å². The molecule has 0 aromatic heterocycles. The van der Waals surface area contributed by atoms with Gasteiger partial charge in [0.05, 0.1) is 0 Å². The van der Waals surface area contributed by atoms with Gasteiger partial charge in [0, 0.05) is 5.92 Å². The van der Waals surface area contributed by atoms with E-state index in [9.17, 15) is 0 Å². The Bertz CT molecular complexity index is 923. The summed E-state index contributed by atoms with van der Waals surface area (Å²) >= 11 is 2.23. The Morgan fingerprint density at radius 3 is 1.97 bits per heavy atom. The van der Waals surface area contributed by atoms with Crippen LogP contribution in [-0.2, 0) is 26.4 Å². The molecule has 0 heterocycles. The third-order valence-electron chi connectivity index (χ3n) is 5.80. The molecule has 2 aliphatic carbocycles. The summed E-state index contributed by atoms with van der Waals surface area (Å²) in [6, 6.07) is 16.9. The van der Waals surface area contributed by atoms with Crippen molar-refractivity contribution in [2.24, 2.45) is 11.8 Å².